The van der Waals surface area contributed by atoms with Crippen molar-refractivity contribution < 1.29 is 14.1 Å². The molecule has 1 N–H and O–H groups in total. The van der Waals surface area contributed by atoms with Crippen molar-refractivity contribution in [2.45, 2.75) is 58.5 Å². The number of nitrogens with zero attached hydrogens (tertiary/aromatic N) is 5. The maximum absolute atomic E-state index is 13.1. The zero-order valence-corrected chi connectivity index (χ0v) is 19.3. The van der Waals surface area contributed by atoms with Gasteiger partial charge in [0.1, 0.15) is 17.0 Å². The van der Waals surface area contributed by atoms with Crippen LogP contribution in [0.5, 0.6) is 0 Å². The standard InChI is InChI=1S/C24H30N6O3/c1-4-29(5-2)24(32)20-15-30(28-26-20)19-13-11-18(12-14-19)25-23(31)21-16(3)33-27-22(21)17-9-7-6-8-10-17/h6-10,15,18-19H,4-5,11-14H2,1-3H3,(H,25,31). The van der Waals surface area contributed by atoms with Crippen LogP contribution >= 0.6 is 0 Å². The third kappa shape index (κ3) is 4.81. The average Bonchev–Trinajstić information content (AvgIpc) is 3.48. The molecular weight excluding hydrogens is 420 g/mol. The van der Waals surface area contributed by atoms with E-state index >= 15 is 0 Å². The molecule has 0 aliphatic heterocycles. The van der Waals surface area contributed by atoms with E-state index in [1.54, 1.807) is 22.7 Å². The van der Waals surface area contributed by atoms with Crippen molar-refractivity contribution in [1.29, 1.82) is 0 Å². The van der Waals surface area contributed by atoms with Crippen molar-refractivity contribution in [1.82, 2.24) is 30.4 Å². The van der Waals surface area contributed by atoms with Gasteiger partial charge in [0.2, 0.25) is 0 Å². The Morgan fingerprint density at radius 1 is 1.12 bits per heavy atom. The van der Waals surface area contributed by atoms with Gasteiger partial charge in [0.15, 0.2) is 5.69 Å². The zero-order chi connectivity index (χ0) is 23.4. The topological polar surface area (TPSA) is 106 Å². The van der Waals surface area contributed by atoms with E-state index in [0.717, 1.165) is 31.2 Å². The van der Waals surface area contributed by atoms with E-state index in [0.29, 0.717) is 35.8 Å². The van der Waals surface area contributed by atoms with Crippen LogP contribution in [0.2, 0.25) is 0 Å². The highest BCUT2D eigenvalue weighted by atomic mass is 16.5. The summed E-state index contributed by atoms with van der Waals surface area (Å²) in [4.78, 5) is 27.3. The lowest BCUT2D eigenvalue weighted by Gasteiger charge is -2.29. The molecule has 0 saturated heterocycles. The predicted molar refractivity (Wildman–Crippen MR) is 123 cm³/mol. The second kappa shape index (κ2) is 9.97. The monoisotopic (exact) mass is 450 g/mol. The number of aromatic nitrogens is 4. The van der Waals surface area contributed by atoms with Gasteiger partial charge in [-0.1, -0.05) is 40.7 Å². The molecule has 9 nitrogen and oxygen atoms in total. The number of aryl methyl sites for hydroxylation is 1. The van der Waals surface area contributed by atoms with Gasteiger partial charge in [0.05, 0.1) is 12.2 Å². The van der Waals surface area contributed by atoms with E-state index in [-0.39, 0.29) is 23.9 Å². The fraction of sp³-hybridized carbons (Fsp3) is 0.458. The molecule has 0 atom stereocenters. The highest BCUT2D eigenvalue weighted by Gasteiger charge is 2.28. The summed E-state index contributed by atoms with van der Waals surface area (Å²) in [5.74, 6) is 0.252. The molecule has 1 aliphatic carbocycles. The number of rotatable bonds is 7. The molecule has 2 heterocycles. The molecule has 33 heavy (non-hydrogen) atoms. The Balaban J connectivity index is 1.37. The Morgan fingerprint density at radius 2 is 1.82 bits per heavy atom. The van der Waals surface area contributed by atoms with E-state index in [1.165, 1.54) is 0 Å². The summed E-state index contributed by atoms with van der Waals surface area (Å²) in [5, 5.41) is 15.6. The maximum Gasteiger partial charge on any atom is 0.276 e. The van der Waals surface area contributed by atoms with Gasteiger partial charge in [0, 0.05) is 24.7 Å². The average molecular weight is 451 g/mol. The Labute approximate surface area is 193 Å². The Bertz CT molecular complexity index is 1090. The molecule has 1 aromatic carbocycles. The van der Waals surface area contributed by atoms with E-state index in [2.05, 4.69) is 20.8 Å². The van der Waals surface area contributed by atoms with Gasteiger partial charge in [-0.15, -0.1) is 5.10 Å². The largest absolute Gasteiger partial charge is 0.360 e. The number of amides is 2. The van der Waals surface area contributed by atoms with E-state index in [1.807, 2.05) is 44.2 Å². The molecule has 0 spiro atoms. The van der Waals surface area contributed by atoms with Crippen molar-refractivity contribution >= 4 is 11.8 Å². The molecule has 2 aromatic heterocycles. The first kappa shape index (κ1) is 22.7. The van der Waals surface area contributed by atoms with Crippen LogP contribution in [0.25, 0.3) is 11.3 Å². The minimum atomic E-state index is -0.163. The summed E-state index contributed by atoms with van der Waals surface area (Å²) < 4.78 is 7.13. The van der Waals surface area contributed by atoms with Crippen LogP contribution in [0.3, 0.4) is 0 Å². The fourth-order valence-electron chi connectivity index (χ4n) is 4.40. The van der Waals surface area contributed by atoms with Gasteiger partial charge in [0.25, 0.3) is 11.8 Å². The van der Waals surface area contributed by atoms with Gasteiger partial charge in [-0.2, -0.15) is 0 Å². The summed E-state index contributed by atoms with van der Waals surface area (Å²) >= 11 is 0. The van der Waals surface area contributed by atoms with Crippen molar-refractivity contribution in [3.63, 3.8) is 0 Å². The molecule has 2 amide bonds. The van der Waals surface area contributed by atoms with Crippen molar-refractivity contribution in [3.05, 3.63) is 53.5 Å². The van der Waals surface area contributed by atoms with Crippen LogP contribution < -0.4 is 5.32 Å². The van der Waals surface area contributed by atoms with Gasteiger partial charge in [-0.05, 0) is 46.5 Å². The fourth-order valence-corrected chi connectivity index (χ4v) is 4.40. The number of carbonyl (C=O) groups excluding carboxylic acids is 2. The number of hydrogen-bond acceptors (Lipinski definition) is 6. The lowest BCUT2D eigenvalue weighted by Crippen LogP contribution is -2.38. The molecule has 1 aliphatic rings. The van der Waals surface area contributed by atoms with Crippen molar-refractivity contribution in [2.75, 3.05) is 13.1 Å². The molecule has 1 saturated carbocycles. The number of hydrogen-bond donors (Lipinski definition) is 1. The molecule has 3 aromatic rings. The second-order valence-corrected chi connectivity index (χ2v) is 8.37. The number of nitrogens with one attached hydrogen (secondary N) is 1. The second-order valence-electron chi connectivity index (χ2n) is 8.37. The van der Waals surface area contributed by atoms with Crippen molar-refractivity contribution in [2.24, 2.45) is 0 Å². The molecule has 0 unspecified atom stereocenters. The maximum atomic E-state index is 13.1. The van der Waals surface area contributed by atoms with Crippen LogP contribution in [0.15, 0.2) is 41.1 Å². The summed E-state index contributed by atoms with van der Waals surface area (Å²) in [6.07, 6.45) is 5.08. The predicted octanol–water partition coefficient (Wildman–Crippen LogP) is 3.64. The van der Waals surface area contributed by atoms with Crippen LogP contribution in [0, 0.1) is 6.92 Å². The molecule has 4 rings (SSSR count). The molecule has 174 valence electrons. The minimum Gasteiger partial charge on any atom is -0.360 e. The van der Waals surface area contributed by atoms with Crippen LogP contribution in [-0.4, -0.2) is 56.0 Å². The Kier molecular flexibility index (Phi) is 6.86. The van der Waals surface area contributed by atoms with Gasteiger partial charge < -0.3 is 14.7 Å². The SMILES string of the molecule is CCN(CC)C(=O)c1cn(C2CCC(NC(=O)c3c(-c4ccccc4)noc3C)CC2)nn1. The highest BCUT2D eigenvalue weighted by molar-refractivity contribution is 6.00. The van der Waals surface area contributed by atoms with E-state index in [9.17, 15) is 9.59 Å². The van der Waals surface area contributed by atoms with E-state index in [4.69, 9.17) is 4.52 Å². The van der Waals surface area contributed by atoms with Gasteiger partial charge >= 0.3 is 0 Å². The third-order valence-corrected chi connectivity index (χ3v) is 6.32. The molecule has 9 heteroatoms. The first-order valence-electron chi connectivity index (χ1n) is 11.5. The quantitative estimate of drug-likeness (QED) is 0.589. The summed E-state index contributed by atoms with van der Waals surface area (Å²) in [7, 11) is 0. The van der Waals surface area contributed by atoms with Crippen molar-refractivity contribution in [3.8, 4) is 11.3 Å². The first-order chi connectivity index (χ1) is 16.0. The normalized spacial score (nSPS) is 18.2. The summed E-state index contributed by atoms with van der Waals surface area (Å²) in [6, 6.07) is 9.80. The highest BCUT2D eigenvalue weighted by Crippen LogP contribution is 2.29. The Morgan fingerprint density at radius 3 is 2.48 bits per heavy atom. The molecule has 0 bridgehead atoms. The molecular formula is C24H30N6O3. The minimum absolute atomic E-state index is 0.0620. The smallest absolute Gasteiger partial charge is 0.276 e. The van der Waals surface area contributed by atoms with Crippen LogP contribution in [0.1, 0.15) is 72.2 Å². The van der Waals surface area contributed by atoms with Crippen LogP contribution in [-0.2, 0) is 0 Å². The zero-order valence-electron chi connectivity index (χ0n) is 19.3. The van der Waals surface area contributed by atoms with Gasteiger partial charge in [-0.3, -0.25) is 9.59 Å². The van der Waals surface area contributed by atoms with Gasteiger partial charge in [-0.25, -0.2) is 4.68 Å². The lowest BCUT2D eigenvalue weighted by atomic mass is 9.91. The van der Waals surface area contributed by atoms with Crippen LogP contribution in [0.4, 0.5) is 0 Å². The summed E-state index contributed by atoms with van der Waals surface area (Å²) in [5.41, 5.74) is 2.28. The molecule has 0 radical (unpaired) electrons. The third-order valence-electron chi connectivity index (χ3n) is 6.32. The number of benzene rings is 1. The lowest BCUT2D eigenvalue weighted by molar-refractivity contribution is 0.0766. The summed E-state index contributed by atoms with van der Waals surface area (Å²) in [6.45, 7) is 6.94. The first-order valence-corrected chi connectivity index (χ1v) is 11.5. The Hall–Kier alpha value is -3.49. The number of carbonyl (C=O) groups is 2. The molecule has 1 fully saturated rings. The van der Waals surface area contributed by atoms with E-state index < -0.39 is 0 Å².